The predicted molar refractivity (Wildman–Crippen MR) is 61.0 cm³/mol. The summed E-state index contributed by atoms with van der Waals surface area (Å²) in [5.74, 6) is 1.77. The van der Waals surface area contributed by atoms with Crippen LogP contribution in [0.1, 0.15) is 12.8 Å². The number of rotatable bonds is 4. The Morgan fingerprint density at radius 3 is 2.67 bits per heavy atom. The second kappa shape index (κ2) is 4.93. The number of nitrogens with two attached hydrogens (primary N) is 1. The van der Waals surface area contributed by atoms with Crippen molar-refractivity contribution >= 4 is 11.6 Å². The minimum Gasteiger partial charge on any atom is -0.368 e. The van der Waals surface area contributed by atoms with Crippen molar-refractivity contribution in [3.05, 3.63) is 12.4 Å². The van der Waals surface area contributed by atoms with Crippen LogP contribution < -0.4 is 16.0 Å². The van der Waals surface area contributed by atoms with Crippen LogP contribution in [0.5, 0.6) is 0 Å². The summed E-state index contributed by atoms with van der Waals surface area (Å²) in [5.41, 5.74) is 5.39. The molecule has 1 aliphatic heterocycles. The minimum atomic E-state index is 0.607. The summed E-state index contributed by atoms with van der Waals surface area (Å²) in [5, 5.41) is 3.09. The lowest BCUT2D eigenvalue weighted by atomic mass is 10.4. The maximum Gasteiger partial charge on any atom is 0.147 e. The van der Waals surface area contributed by atoms with Crippen LogP contribution in [0.3, 0.4) is 0 Å². The van der Waals surface area contributed by atoms with E-state index in [9.17, 15) is 0 Å². The third-order valence-electron chi connectivity index (χ3n) is 2.52. The van der Waals surface area contributed by atoms with Crippen LogP contribution in [-0.2, 0) is 0 Å². The molecule has 1 aromatic heterocycles. The van der Waals surface area contributed by atoms with E-state index in [-0.39, 0.29) is 0 Å². The Labute approximate surface area is 89.7 Å². The van der Waals surface area contributed by atoms with Gasteiger partial charge in [0.15, 0.2) is 0 Å². The van der Waals surface area contributed by atoms with Crippen molar-refractivity contribution in [1.29, 1.82) is 0 Å². The van der Waals surface area contributed by atoms with E-state index < -0.39 is 0 Å². The summed E-state index contributed by atoms with van der Waals surface area (Å²) in [4.78, 5) is 10.9. The topological polar surface area (TPSA) is 67.1 Å². The summed E-state index contributed by atoms with van der Waals surface area (Å²) in [6, 6.07) is 0. The second-order valence-corrected chi connectivity index (χ2v) is 3.67. The van der Waals surface area contributed by atoms with Crippen molar-refractivity contribution in [1.82, 2.24) is 9.97 Å². The predicted octanol–water partition coefficient (Wildman–Crippen LogP) is 0.447. The molecule has 0 aromatic carbocycles. The zero-order chi connectivity index (χ0) is 10.5. The molecule has 3 N–H and O–H groups in total. The molecule has 0 unspecified atom stereocenters. The fourth-order valence-electron chi connectivity index (χ4n) is 1.72. The zero-order valence-corrected chi connectivity index (χ0v) is 8.82. The van der Waals surface area contributed by atoms with Gasteiger partial charge in [-0.15, -0.1) is 0 Å². The Bertz CT molecular complexity index is 291. The molecule has 0 spiro atoms. The van der Waals surface area contributed by atoms with Crippen molar-refractivity contribution in [3.63, 3.8) is 0 Å². The second-order valence-electron chi connectivity index (χ2n) is 3.67. The quantitative estimate of drug-likeness (QED) is 0.750. The van der Waals surface area contributed by atoms with Crippen molar-refractivity contribution in [3.8, 4) is 0 Å². The first-order valence-electron chi connectivity index (χ1n) is 5.41. The number of aromatic nitrogens is 2. The molecule has 15 heavy (non-hydrogen) atoms. The molecule has 0 aliphatic carbocycles. The summed E-state index contributed by atoms with van der Waals surface area (Å²) < 4.78 is 0. The molecule has 2 rings (SSSR count). The Hall–Kier alpha value is -1.36. The van der Waals surface area contributed by atoms with Crippen LogP contribution in [0.2, 0.25) is 0 Å². The Morgan fingerprint density at radius 1 is 1.27 bits per heavy atom. The molecule has 1 saturated heterocycles. The van der Waals surface area contributed by atoms with E-state index in [1.54, 1.807) is 6.20 Å². The maximum atomic E-state index is 5.39. The fourth-order valence-corrected chi connectivity index (χ4v) is 1.72. The molecule has 5 nitrogen and oxygen atoms in total. The molecule has 0 radical (unpaired) electrons. The van der Waals surface area contributed by atoms with Gasteiger partial charge in [-0.1, -0.05) is 0 Å². The normalized spacial score (nSPS) is 15.7. The Morgan fingerprint density at radius 2 is 2.07 bits per heavy atom. The summed E-state index contributed by atoms with van der Waals surface area (Å²) >= 11 is 0. The maximum absolute atomic E-state index is 5.39. The first kappa shape index (κ1) is 10.2. The largest absolute Gasteiger partial charge is 0.368 e. The van der Waals surface area contributed by atoms with Gasteiger partial charge in [-0.3, -0.25) is 0 Å². The van der Waals surface area contributed by atoms with E-state index in [4.69, 9.17) is 5.73 Å². The monoisotopic (exact) mass is 207 g/mol. The molecule has 2 heterocycles. The number of hydrogen-bond donors (Lipinski definition) is 2. The lowest BCUT2D eigenvalue weighted by Gasteiger charge is -2.15. The Kier molecular flexibility index (Phi) is 3.34. The molecule has 0 amide bonds. The highest BCUT2D eigenvalue weighted by Crippen LogP contribution is 2.16. The molecular formula is C10H17N5. The first-order chi connectivity index (χ1) is 7.40. The highest BCUT2D eigenvalue weighted by molar-refractivity contribution is 5.41. The molecule has 0 saturated carbocycles. The molecule has 82 valence electrons. The highest BCUT2D eigenvalue weighted by atomic mass is 15.2. The summed E-state index contributed by atoms with van der Waals surface area (Å²) in [6.45, 7) is 3.54. The van der Waals surface area contributed by atoms with Gasteiger partial charge in [-0.25, -0.2) is 9.97 Å². The number of hydrogen-bond acceptors (Lipinski definition) is 5. The van der Waals surface area contributed by atoms with Crippen LogP contribution in [0.4, 0.5) is 11.6 Å². The van der Waals surface area contributed by atoms with Crippen LogP contribution in [0.25, 0.3) is 0 Å². The van der Waals surface area contributed by atoms with E-state index in [1.165, 1.54) is 12.8 Å². The number of nitrogens with one attached hydrogen (secondary N) is 1. The van der Waals surface area contributed by atoms with Crippen molar-refractivity contribution in [2.24, 2.45) is 5.73 Å². The van der Waals surface area contributed by atoms with Gasteiger partial charge >= 0.3 is 0 Å². The summed E-state index contributed by atoms with van der Waals surface area (Å²) in [7, 11) is 0. The van der Waals surface area contributed by atoms with E-state index >= 15 is 0 Å². The molecule has 0 bridgehead atoms. The van der Waals surface area contributed by atoms with E-state index in [1.807, 2.05) is 6.20 Å². The van der Waals surface area contributed by atoms with Crippen LogP contribution in [0, 0.1) is 0 Å². The van der Waals surface area contributed by atoms with Gasteiger partial charge in [0.05, 0.1) is 12.4 Å². The van der Waals surface area contributed by atoms with Crippen LogP contribution >= 0.6 is 0 Å². The smallest absolute Gasteiger partial charge is 0.147 e. The lowest BCUT2D eigenvalue weighted by molar-refractivity contribution is 0.923. The Balaban J connectivity index is 1.96. The number of anilines is 2. The molecular weight excluding hydrogens is 190 g/mol. The van der Waals surface area contributed by atoms with Crippen molar-refractivity contribution in [2.45, 2.75) is 12.8 Å². The minimum absolute atomic E-state index is 0.607. The molecule has 1 aromatic rings. The molecule has 0 atom stereocenters. The van der Waals surface area contributed by atoms with E-state index in [0.717, 1.165) is 31.3 Å². The van der Waals surface area contributed by atoms with Gasteiger partial charge in [0, 0.05) is 26.2 Å². The van der Waals surface area contributed by atoms with Crippen LogP contribution in [-0.4, -0.2) is 36.1 Å². The molecule has 1 fully saturated rings. The molecule has 1 aliphatic rings. The zero-order valence-electron chi connectivity index (χ0n) is 8.82. The average molecular weight is 207 g/mol. The van der Waals surface area contributed by atoms with Crippen molar-refractivity contribution in [2.75, 3.05) is 36.4 Å². The van der Waals surface area contributed by atoms with Gasteiger partial charge in [0.1, 0.15) is 11.6 Å². The lowest BCUT2D eigenvalue weighted by Crippen LogP contribution is -2.19. The third-order valence-corrected chi connectivity index (χ3v) is 2.52. The number of nitrogens with zero attached hydrogens (tertiary/aromatic N) is 3. The third kappa shape index (κ3) is 2.56. The van der Waals surface area contributed by atoms with Gasteiger partial charge in [0.25, 0.3) is 0 Å². The van der Waals surface area contributed by atoms with E-state index in [0.29, 0.717) is 6.54 Å². The van der Waals surface area contributed by atoms with Gasteiger partial charge in [0.2, 0.25) is 0 Å². The molecule has 5 heteroatoms. The van der Waals surface area contributed by atoms with Crippen LogP contribution in [0.15, 0.2) is 12.4 Å². The van der Waals surface area contributed by atoms with Gasteiger partial charge in [-0.2, -0.15) is 0 Å². The first-order valence-corrected chi connectivity index (χ1v) is 5.41. The van der Waals surface area contributed by atoms with Gasteiger partial charge < -0.3 is 16.0 Å². The fraction of sp³-hybridized carbons (Fsp3) is 0.600. The van der Waals surface area contributed by atoms with E-state index in [2.05, 4.69) is 20.2 Å². The SMILES string of the molecule is NCCNc1cnc(N2CCCC2)cn1. The standard InChI is InChI=1S/C10H17N5/c11-3-4-12-9-7-14-10(8-13-9)15-5-1-2-6-15/h7-8H,1-6,11H2,(H,12,13). The average Bonchev–Trinajstić information content (AvgIpc) is 2.80. The summed E-state index contributed by atoms with van der Waals surface area (Å²) in [6.07, 6.45) is 6.11. The van der Waals surface area contributed by atoms with Gasteiger partial charge in [-0.05, 0) is 12.8 Å². The highest BCUT2D eigenvalue weighted by Gasteiger charge is 2.13. The van der Waals surface area contributed by atoms with Crippen molar-refractivity contribution < 1.29 is 0 Å².